The quantitative estimate of drug-likeness (QED) is 0.735. The Morgan fingerprint density at radius 2 is 1.91 bits per heavy atom. The molecule has 0 spiro atoms. The minimum absolute atomic E-state index is 0.382. The number of hydrogen-bond acceptors (Lipinski definition) is 6. The summed E-state index contributed by atoms with van der Waals surface area (Å²) in [6.45, 7) is 0. The second-order valence-electron chi connectivity index (χ2n) is 4.67. The van der Waals surface area contributed by atoms with E-state index in [0.29, 0.717) is 15.9 Å². The van der Waals surface area contributed by atoms with Crippen LogP contribution in [0.5, 0.6) is 5.75 Å². The van der Waals surface area contributed by atoms with Gasteiger partial charge in [0, 0.05) is 12.6 Å². The molecule has 0 aliphatic carbocycles. The van der Waals surface area contributed by atoms with Crippen molar-refractivity contribution in [3.8, 4) is 23.2 Å². The summed E-state index contributed by atoms with van der Waals surface area (Å²) in [4.78, 5) is 4.24. The van der Waals surface area contributed by atoms with Crippen LogP contribution < -0.4 is 4.74 Å². The fourth-order valence-electron chi connectivity index (χ4n) is 2.02. The average Bonchev–Trinajstić information content (AvgIpc) is 2.96. The molecule has 0 amide bonds. The van der Waals surface area contributed by atoms with E-state index in [9.17, 15) is 0 Å². The zero-order valence-electron chi connectivity index (χ0n) is 12.6. The molecule has 2 heterocycles. The maximum atomic E-state index is 8.91. The van der Waals surface area contributed by atoms with Crippen LogP contribution in [0.1, 0.15) is 5.69 Å². The van der Waals surface area contributed by atoms with Crippen molar-refractivity contribution in [1.29, 1.82) is 5.26 Å². The number of rotatable bonds is 4. The summed E-state index contributed by atoms with van der Waals surface area (Å²) in [6, 6.07) is 15.0. The van der Waals surface area contributed by atoms with Gasteiger partial charge in [0.25, 0.3) is 0 Å². The van der Waals surface area contributed by atoms with Crippen molar-refractivity contribution in [2.45, 2.75) is 10.2 Å². The summed E-state index contributed by atoms with van der Waals surface area (Å²) in [6.07, 6.45) is 0. The molecule has 0 fully saturated rings. The highest BCUT2D eigenvalue weighted by Gasteiger charge is 2.13. The Morgan fingerprint density at radius 1 is 1.13 bits per heavy atom. The molecule has 0 aliphatic rings. The third kappa shape index (κ3) is 3.17. The number of hydrogen-bond donors (Lipinski definition) is 0. The molecule has 6 nitrogen and oxygen atoms in total. The van der Waals surface area contributed by atoms with Crippen LogP contribution in [-0.2, 0) is 7.05 Å². The van der Waals surface area contributed by atoms with Gasteiger partial charge in [-0.05, 0) is 48.2 Å². The molecule has 0 N–H and O–H groups in total. The number of aromatic nitrogens is 4. The summed E-state index contributed by atoms with van der Waals surface area (Å²) in [5.74, 6) is 1.55. The Hall–Kier alpha value is -2.85. The Morgan fingerprint density at radius 3 is 2.61 bits per heavy atom. The predicted octanol–water partition coefficient (Wildman–Crippen LogP) is 2.91. The molecule has 23 heavy (non-hydrogen) atoms. The minimum atomic E-state index is 0.382. The lowest BCUT2D eigenvalue weighted by molar-refractivity contribution is 0.415. The third-order valence-corrected chi connectivity index (χ3v) is 4.19. The van der Waals surface area contributed by atoms with Crippen LogP contribution in [0.2, 0.25) is 0 Å². The highest BCUT2D eigenvalue weighted by Crippen LogP contribution is 2.28. The van der Waals surface area contributed by atoms with Gasteiger partial charge in [-0.1, -0.05) is 6.07 Å². The van der Waals surface area contributed by atoms with Gasteiger partial charge in [-0.2, -0.15) is 5.26 Å². The molecule has 0 saturated carbocycles. The van der Waals surface area contributed by atoms with Crippen LogP contribution in [-0.4, -0.2) is 26.9 Å². The molecular formula is C16H13N5OS. The van der Waals surface area contributed by atoms with Crippen molar-refractivity contribution >= 4 is 11.8 Å². The van der Waals surface area contributed by atoms with Crippen LogP contribution in [0.4, 0.5) is 0 Å². The van der Waals surface area contributed by atoms with E-state index in [-0.39, 0.29) is 0 Å². The van der Waals surface area contributed by atoms with E-state index in [0.717, 1.165) is 17.1 Å². The second kappa shape index (κ2) is 6.50. The van der Waals surface area contributed by atoms with E-state index in [2.05, 4.69) is 15.2 Å². The highest BCUT2D eigenvalue weighted by molar-refractivity contribution is 7.99. The van der Waals surface area contributed by atoms with E-state index >= 15 is 0 Å². The molecule has 3 aromatic rings. The first-order valence-corrected chi connectivity index (χ1v) is 7.61. The Labute approximate surface area is 137 Å². The average molecular weight is 323 g/mol. The number of nitrogens with zero attached hydrogens (tertiary/aromatic N) is 5. The molecule has 1 aromatic carbocycles. The first-order chi connectivity index (χ1) is 11.2. The van der Waals surface area contributed by atoms with E-state index in [1.807, 2.05) is 48.0 Å². The lowest BCUT2D eigenvalue weighted by Crippen LogP contribution is -1.95. The van der Waals surface area contributed by atoms with Gasteiger partial charge >= 0.3 is 0 Å². The fourth-order valence-corrected chi connectivity index (χ4v) is 2.81. The molecule has 3 rings (SSSR count). The van der Waals surface area contributed by atoms with Gasteiger partial charge in [-0.15, -0.1) is 10.2 Å². The van der Waals surface area contributed by atoms with Crippen molar-refractivity contribution in [2.24, 2.45) is 7.05 Å². The number of nitriles is 1. The van der Waals surface area contributed by atoms with Crippen molar-refractivity contribution in [1.82, 2.24) is 19.7 Å². The van der Waals surface area contributed by atoms with Crippen LogP contribution in [0.3, 0.4) is 0 Å². The van der Waals surface area contributed by atoms with Crippen molar-refractivity contribution in [3.63, 3.8) is 0 Å². The molecule has 0 atom stereocenters. The van der Waals surface area contributed by atoms with Gasteiger partial charge in [0.1, 0.15) is 22.5 Å². The van der Waals surface area contributed by atoms with Crippen LogP contribution in [0.25, 0.3) is 11.4 Å². The molecule has 2 aromatic heterocycles. The summed E-state index contributed by atoms with van der Waals surface area (Å²) >= 11 is 1.37. The van der Waals surface area contributed by atoms with Crippen molar-refractivity contribution in [2.75, 3.05) is 7.11 Å². The van der Waals surface area contributed by atoms with E-state index < -0.39 is 0 Å². The van der Waals surface area contributed by atoms with Gasteiger partial charge in [0.15, 0.2) is 11.0 Å². The summed E-state index contributed by atoms with van der Waals surface area (Å²) in [5.41, 5.74) is 1.33. The normalized spacial score (nSPS) is 10.3. The third-order valence-electron chi connectivity index (χ3n) is 3.22. The summed E-state index contributed by atoms with van der Waals surface area (Å²) in [7, 11) is 3.53. The Bertz CT molecular complexity index is 867. The van der Waals surface area contributed by atoms with Crippen molar-refractivity contribution < 1.29 is 4.74 Å². The lowest BCUT2D eigenvalue weighted by atomic mass is 10.2. The van der Waals surface area contributed by atoms with Crippen molar-refractivity contribution in [3.05, 3.63) is 48.2 Å². The summed E-state index contributed by atoms with van der Waals surface area (Å²) < 4.78 is 7.06. The van der Waals surface area contributed by atoms with Crippen LogP contribution in [0.15, 0.2) is 52.6 Å². The minimum Gasteiger partial charge on any atom is -0.497 e. The number of methoxy groups -OCH3 is 1. The molecular weight excluding hydrogens is 310 g/mol. The predicted molar refractivity (Wildman–Crippen MR) is 86.1 cm³/mol. The molecule has 0 radical (unpaired) electrons. The SMILES string of the molecule is COc1ccc(-c2nnc(Sc3cccc(C#N)n3)n2C)cc1. The zero-order chi connectivity index (χ0) is 16.2. The van der Waals surface area contributed by atoms with Gasteiger partial charge < -0.3 is 9.30 Å². The number of ether oxygens (including phenoxy) is 1. The van der Waals surface area contributed by atoms with Gasteiger partial charge in [0.2, 0.25) is 0 Å². The topological polar surface area (TPSA) is 76.6 Å². The molecule has 114 valence electrons. The van der Waals surface area contributed by atoms with Gasteiger partial charge in [-0.3, -0.25) is 0 Å². The molecule has 0 unspecified atom stereocenters. The van der Waals surface area contributed by atoms with Gasteiger partial charge in [-0.25, -0.2) is 4.98 Å². The smallest absolute Gasteiger partial charge is 0.197 e. The Balaban J connectivity index is 1.88. The van der Waals surface area contributed by atoms with E-state index in [1.54, 1.807) is 19.2 Å². The molecule has 0 bridgehead atoms. The standard InChI is InChI=1S/C16H13N5OS/c1-21-15(11-6-8-13(22-2)9-7-11)19-20-16(21)23-14-5-3-4-12(10-17)18-14/h3-9H,1-2H3. The van der Waals surface area contributed by atoms with Crippen LogP contribution >= 0.6 is 11.8 Å². The van der Waals surface area contributed by atoms with E-state index in [4.69, 9.17) is 10.00 Å². The Kier molecular flexibility index (Phi) is 4.26. The van der Waals surface area contributed by atoms with Gasteiger partial charge in [0.05, 0.1) is 7.11 Å². The molecule has 0 aliphatic heterocycles. The molecule has 0 saturated heterocycles. The maximum absolute atomic E-state index is 8.91. The number of benzene rings is 1. The van der Waals surface area contributed by atoms with Crippen LogP contribution in [0, 0.1) is 11.3 Å². The maximum Gasteiger partial charge on any atom is 0.197 e. The monoisotopic (exact) mass is 323 g/mol. The zero-order valence-corrected chi connectivity index (χ0v) is 13.4. The van der Waals surface area contributed by atoms with E-state index in [1.165, 1.54) is 11.8 Å². The number of pyridine rings is 1. The largest absolute Gasteiger partial charge is 0.497 e. The first kappa shape index (κ1) is 15.1. The lowest BCUT2D eigenvalue weighted by Gasteiger charge is -2.05. The highest BCUT2D eigenvalue weighted by atomic mass is 32.2. The molecule has 7 heteroatoms. The fraction of sp³-hybridized carbons (Fsp3) is 0.125. The first-order valence-electron chi connectivity index (χ1n) is 6.80. The second-order valence-corrected chi connectivity index (χ2v) is 5.66. The summed E-state index contributed by atoms with van der Waals surface area (Å²) in [5, 5.41) is 18.8.